The van der Waals surface area contributed by atoms with Crippen molar-refractivity contribution in [3.63, 3.8) is 0 Å². The number of anilines is 1. The lowest BCUT2D eigenvalue weighted by atomic mass is 10.1. The summed E-state index contributed by atoms with van der Waals surface area (Å²) >= 11 is 5.60. The lowest BCUT2D eigenvalue weighted by molar-refractivity contribution is -0.603. The van der Waals surface area contributed by atoms with Gasteiger partial charge in [-0.3, -0.25) is 4.79 Å². The number of aromatic nitrogens is 1. The van der Waals surface area contributed by atoms with E-state index in [4.69, 9.17) is 11.6 Å². The SMILES string of the molecule is Cc1ccc(NC(=O)c2ccc(Cl)[n+]([O-])c2)cc1C. The Morgan fingerprint density at radius 1 is 1.21 bits per heavy atom. The molecule has 0 bridgehead atoms. The van der Waals surface area contributed by atoms with Crippen LogP contribution in [0.2, 0.25) is 5.15 Å². The summed E-state index contributed by atoms with van der Waals surface area (Å²) in [6.07, 6.45) is 1.15. The van der Waals surface area contributed by atoms with Crippen molar-refractivity contribution in [1.82, 2.24) is 0 Å². The number of aryl methyl sites for hydroxylation is 2. The summed E-state index contributed by atoms with van der Waals surface area (Å²) in [5.74, 6) is -0.343. The van der Waals surface area contributed by atoms with Gasteiger partial charge < -0.3 is 10.5 Å². The van der Waals surface area contributed by atoms with E-state index >= 15 is 0 Å². The first-order valence-corrected chi connectivity index (χ1v) is 6.12. The molecule has 19 heavy (non-hydrogen) atoms. The van der Waals surface area contributed by atoms with E-state index in [9.17, 15) is 10.0 Å². The smallest absolute Gasteiger partial charge is 0.286 e. The molecule has 2 aromatic rings. The summed E-state index contributed by atoms with van der Waals surface area (Å²) < 4.78 is 0.455. The molecule has 5 heteroatoms. The quantitative estimate of drug-likeness (QED) is 0.521. The average molecular weight is 277 g/mol. The summed E-state index contributed by atoms with van der Waals surface area (Å²) in [6, 6.07) is 8.54. The third-order valence-electron chi connectivity index (χ3n) is 2.89. The zero-order chi connectivity index (χ0) is 14.0. The molecule has 0 saturated carbocycles. The number of nitrogens with one attached hydrogen (secondary N) is 1. The molecule has 0 unspecified atom stereocenters. The largest absolute Gasteiger partial charge is 0.618 e. The molecule has 1 N–H and O–H groups in total. The Bertz CT molecular complexity index is 641. The van der Waals surface area contributed by atoms with Gasteiger partial charge in [-0.05, 0) is 54.8 Å². The second-order valence-corrected chi connectivity index (χ2v) is 4.71. The summed E-state index contributed by atoms with van der Waals surface area (Å²) in [4.78, 5) is 12.0. The van der Waals surface area contributed by atoms with Crippen molar-refractivity contribution in [1.29, 1.82) is 0 Å². The molecule has 0 saturated heterocycles. The van der Waals surface area contributed by atoms with Gasteiger partial charge in [0.2, 0.25) is 0 Å². The Labute approximate surface area is 116 Å². The number of pyridine rings is 1. The van der Waals surface area contributed by atoms with Gasteiger partial charge in [-0.2, -0.15) is 4.73 Å². The Morgan fingerprint density at radius 2 is 1.95 bits per heavy atom. The van der Waals surface area contributed by atoms with Gasteiger partial charge in [0.05, 0.1) is 0 Å². The van der Waals surface area contributed by atoms with Gasteiger partial charge in [0.15, 0.2) is 6.20 Å². The zero-order valence-electron chi connectivity index (χ0n) is 10.6. The molecule has 0 aliphatic heterocycles. The van der Waals surface area contributed by atoms with Gasteiger partial charge in [-0.1, -0.05) is 6.07 Å². The molecule has 1 heterocycles. The van der Waals surface area contributed by atoms with Crippen molar-refractivity contribution >= 4 is 23.2 Å². The van der Waals surface area contributed by atoms with Crippen LogP contribution in [-0.4, -0.2) is 5.91 Å². The van der Waals surface area contributed by atoms with Gasteiger partial charge in [0.25, 0.3) is 11.1 Å². The molecule has 0 fully saturated rings. The van der Waals surface area contributed by atoms with Crippen molar-refractivity contribution in [3.05, 3.63) is 63.6 Å². The normalized spacial score (nSPS) is 10.3. The first-order chi connectivity index (χ1) is 8.97. The van der Waals surface area contributed by atoms with Crippen LogP contribution >= 0.6 is 11.6 Å². The lowest BCUT2D eigenvalue weighted by Crippen LogP contribution is -2.29. The number of rotatable bonds is 2. The first-order valence-electron chi connectivity index (χ1n) is 5.74. The van der Waals surface area contributed by atoms with Crippen molar-refractivity contribution in [2.75, 3.05) is 5.32 Å². The van der Waals surface area contributed by atoms with Crippen LogP contribution in [0.3, 0.4) is 0 Å². The third-order valence-corrected chi connectivity index (χ3v) is 3.19. The number of carbonyl (C=O) groups is 1. The van der Waals surface area contributed by atoms with Crippen LogP contribution < -0.4 is 10.0 Å². The number of hydrogen-bond donors (Lipinski definition) is 1. The van der Waals surface area contributed by atoms with E-state index in [0.717, 1.165) is 17.3 Å². The molecule has 0 radical (unpaired) electrons. The second-order valence-electron chi connectivity index (χ2n) is 4.32. The molecular formula is C14H13ClN2O2. The number of nitrogens with zero attached hydrogens (tertiary/aromatic N) is 1. The fourth-order valence-corrected chi connectivity index (χ4v) is 1.73. The van der Waals surface area contributed by atoms with E-state index in [1.165, 1.54) is 12.1 Å². The highest BCUT2D eigenvalue weighted by Crippen LogP contribution is 2.15. The molecule has 1 aromatic carbocycles. The average Bonchev–Trinajstić information content (AvgIpc) is 2.37. The molecule has 1 amide bonds. The fraction of sp³-hybridized carbons (Fsp3) is 0.143. The van der Waals surface area contributed by atoms with Crippen molar-refractivity contribution in [3.8, 4) is 0 Å². The predicted molar refractivity (Wildman–Crippen MR) is 74.3 cm³/mol. The van der Waals surface area contributed by atoms with Crippen LogP contribution in [0.4, 0.5) is 5.69 Å². The van der Waals surface area contributed by atoms with Gasteiger partial charge in [-0.15, -0.1) is 0 Å². The van der Waals surface area contributed by atoms with E-state index in [-0.39, 0.29) is 16.6 Å². The van der Waals surface area contributed by atoms with Gasteiger partial charge >= 0.3 is 0 Å². The van der Waals surface area contributed by atoms with E-state index < -0.39 is 0 Å². The number of hydrogen-bond acceptors (Lipinski definition) is 2. The van der Waals surface area contributed by atoms with Crippen LogP contribution in [0, 0.1) is 19.1 Å². The highest BCUT2D eigenvalue weighted by molar-refractivity contribution is 6.28. The minimum absolute atomic E-state index is 0.0303. The molecule has 4 nitrogen and oxygen atoms in total. The molecule has 0 aliphatic rings. The Morgan fingerprint density at radius 3 is 2.58 bits per heavy atom. The van der Waals surface area contributed by atoms with Gasteiger partial charge in [0, 0.05) is 11.8 Å². The van der Waals surface area contributed by atoms with Crippen LogP contribution in [0.25, 0.3) is 0 Å². The van der Waals surface area contributed by atoms with Gasteiger partial charge in [-0.25, -0.2) is 0 Å². The van der Waals surface area contributed by atoms with E-state index in [0.29, 0.717) is 10.4 Å². The summed E-state index contributed by atoms with van der Waals surface area (Å²) in [5, 5.41) is 14.1. The van der Waals surface area contributed by atoms with Crippen LogP contribution in [0.1, 0.15) is 21.5 Å². The Balaban J connectivity index is 2.20. The van der Waals surface area contributed by atoms with E-state index in [2.05, 4.69) is 5.32 Å². The molecule has 0 aliphatic carbocycles. The van der Waals surface area contributed by atoms with Gasteiger partial charge in [0.1, 0.15) is 5.56 Å². The number of amides is 1. The highest BCUT2D eigenvalue weighted by atomic mass is 35.5. The third kappa shape index (κ3) is 3.03. The van der Waals surface area contributed by atoms with Crippen molar-refractivity contribution < 1.29 is 9.52 Å². The minimum Gasteiger partial charge on any atom is -0.618 e. The Kier molecular flexibility index (Phi) is 3.71. The minimum atomic E-state index is -0.343. The molecule has 98 valence electrons. The highest BCUT2D eigenvalue weighted by Gasteiger charge is 2.11. The summed E-state index contributed by atoms with van der Waals surface area (Å²) in [6.45, 7) is 3.97. The maximum atomic E-state index is 12.0. The number of carbonyl (C=O) groups excluding carboxylic acids is 1. The molecule has 2 rings (SSSR count). The lowest BCUT2D eigenvalue weighted by Gasteiger charge is -2.07. The van der Waals surface area contributed by atoms with Crippen molar-refractivity contribution in [2.24, 2.45) is 0 Å². The van der Waals surface area contributed by atoms with Crippen molar-refractivity contribution in [2.45, 2.75) is 13.8 Å². The maximum Gasteiger partial charge on any atom is 0.286 e. The second kappa shape index (κ2) is 5.28. The summed E-state index contributed by atoms with van der Waals surface area (Å²) in [7, 11) is 0. The van der Waals surface area contributed by atoms with Crippen LogP contribution in [0.5, 0.6) is 0 Å². The maximum absolute atomic E-state index is 12.0. The fourth-order valence-electron chi connectivity index (χ4n) is 1.62. The first kappa shape index (κ1) is 13.4. The van der Waals surface area contributed by atoms with Crippen LogP contribution in [-0.2, 0) is 0 Å². The topological polar surface area (TPSA) is 56.0 Å². The summed E-state index contributed by atoms with van der Waals surface area (Å²) in [5.41, 5.74) is 3.20. The molecule has 0 spiro atoms. The number of benzene rings is 1. The molecule has 0 atom stereocenters. The standard InChI is InChI=1S/C14H13ClN2O2/c1-9-3-5-12(7-10(9)2)16-14(18)11-4-6-13(15)17(19)8-11/h3-8H,1-2H3,(H,16,18). The molecular weight excluding hydrogens is 264 g/mol. The Hall–Kier alpha value is -2.07. The van der Waals surface area contributed by atoms with E-state index in [1.807, 2.05) is 32.0 Å². The predicted octanol–water partition coefficient (Wildman–Crippen LogP) is 2.84. The zero-order valence-corrected chi connectivity index (χ0v) is 11.4. The van der Waals surface area contributed by atoms with Crippen LogP contribution in [0.15, 0.2) is 36.5 Å². The van der Waals surface area contributed by atoms with E-state index in [1.54, 1.807) is 0 Å². The monoisotopic (exact) mass is 276 g/mol. The number of halogens is 1. The molecule has 1 aromatic heterocycles.